The zero-order chi connectivity index (χ0) is 10.0. The normalized spacial score (nSPS) is 28.0. The number of aromatic nitrogens is 1. The van der Waals surface area contributed by atoms with E-state index >= 15 is 0 Å². The summed E-state index contributed by atoms with van der Waals surface area (Å²) < 4.78 is 5.67. The summed E-state index contributed by atoms with van der Waals surface area (Å²) in [6.07, 6.45) is 4.70. The molecule has 2 rings (SSSR count). The van der Waals surface area contributed by atoms with Gasteiger partial charge < -0.3 is 10.1 Å². The third kappa shape index (κ3) is 2.61. The van der Waals surface area contributed by atoms with Crippen molar-refractivity contribution in [2.75, 3.05) is 13.7 Å². The number of ether oxygens (including phenoxy) is 1. The van der Waals surface area contributed by atoms with Gasteiger partial charge in [0, 0.05) is 6.20 Å². The molecule has 0 bridgehead atoms. The predicted molar refractivity (Wildman–Crippen MR) is 62.6 cm³/mol. The van der Waals surface area contributed by atoms with Crippen LogP contribution in [0.1, 0.15) is 13.3 Å². The molecule has 0 unspecified atom stereocenters. The van der Waals surface area contributed by atoms with Crippen LogP contribution in [0, 0.1) is 5.92 Å². The fourth-order valence-electron chi connectivity index (χ4n) is 1.75. The third-order valence-electron chi connectivity index (χ3n) is 3.08. The first-order valence-corrected chi connectivity index (χ1v) is 4.98. The van der Waals surface area contributed by atoms with E-state index in [-0.39, 0.29) is 17.9 Å². The average molecular weight is 229 g/mol. The quantitative estimate of drug-likeness (QED) is 0.855. The van der Waals surface area contributed by atoms with E-state index in [9.17, 15) is 0 Å². The molecular formula is C11H17ClN2O. The minimum Gasteiger partial charge on any atom is -0.490 e. The van der Waals surface area contributed by atoms with Crippen molar-refractivity contribution in [3.8, 4) is 5.75 Å². The standard InChI is InChI=1S/C11H16N2O.ClH/c1-9-6-11(9,12-2)8-14-10-4-3-5-13-7-10;/h3-5,7,9,12H,6,8H2,1-2H3;1H/t9-,11+;/m1./s1. The Morgan fingerprint density at radius 3 is 2.87 bits per heavy atom. The first-order valence-electron chi connectivity index (χ1n) is 4.98. The Bertz CT molecular complexity index is 303. The van der Waals surface area contributed by atoms with Crippen LogP contribution in [0.3, 0.4) is 0 Å². The van der Waals surface area contributed by atoms with Crippen LogP contribution in [-0.2, 0) is 0 Å². The van der Waals surface area contributed by atoms with Gasteiger partial charge in [0.05, 0.1) is 11.7 Å². The Morgan fingerprint density at radius 2 is 2.40 bits per heavy atom. The fraction of sp³-hybridized carbons (Fsp3) is 0.545. The van der Waals surface area contributed by atoms with E-state index in [0.29, 0.717) is 5.92 Å². The molecule has 1 N–H and O–H groups in total. The van der Waals surface area contributed by atoms with Crippen molar-refractivity contribution in [2.45, 2.75) is 18.9 Å². The van der Waals surface area contributed by atoms with Crippen LogP contribution in [0.25, 0.3) is 0 Å². The highest BCUT2D eigenvalue weighted by atomic mass is 35.5. The highest BCUT2D eigenvalue weighted by Crippen LogP contribution is 2.42. The van der Waals surface area contributed by atoms with E-state index in [1.807, 2.05) is 19.2 Å². The molecule has 0 spiro atoms. The van der Waals surface area contributed by atoms with Crippen LogP contribution in [0.2, 0.25) is 0 Å². The van der Waals surface area contributed by atoms with Gasteiger partial charge in [-0.05, 0) is 31.5 Å². The van der Waals surface area contributed by atoms with Crippen LogP contribution in [0.4, 0.5) is 0 Å². The molecule has 1 aromatic rings. The smallest absolute Gasteiger partial charge is 0.137 e. The van der Waals surface area contributed by atoms with Crippen molar-refractivity contribution >= 4 is 12.4 Å². The maximum Gasteiger partial charge on any atom is 0.137 e. The molecule has 15 heavy (non-hydrogen) atoms. The lowest BCUT2D eigenvalue weighted by Gasteiger charge is -2.16. The van der Waals surface area contributed by atoms with E-state index in [2.05, 4.69) is 17.2 Å². The van der Waals surface area contributed by atoms with Gasteiger partial charge in [-0.15, -0.1) is 12.4 Å². The third-order valence-corrected chi connectivity index (χ3v) is 3.08. The van der Waals surface area contributed by atoms with Crippen LogP contribution >= 0.6 is 12.4 Å². The Balaban J connectivity index is 0.00000112. The second kappa shape index (κ2) is 4.81. The van der Waals surface area contributed by atoms with Gasteiger partial charge in [0.25, 0.3) is 0 Å². The SMILES string of the molecule is CN[C@]1(COc2cccnc2)C[C@H]1C.Cl. The van der Waals surface area contributed by atoms with Crippen molar-refractivity contribution in [1.82, 2.24) is 10.3 Å². The van der Waals surface area contributed by atoms with E-state index in [1.54, 1.807) is 12.4 Å². The maximum absolute atomic E-state index is 5.67. The van der Waals surface area contributed by atoms with Crippen LogP contribution in [-0.4, -0.2) is 24.2 Å². The van der Waals surface area contributed by atoms with Gasteiger partial charge >= 0.3 is 0 Å². The van der Waals surface area contributed by atoms with Gasteiger partial charge in [-0.3, -0.25) is 4.98 Å². The lowest BCUT2D eigenvalue weighted by molar-refractivity contribution is 0.249. The second-order valence-electron chi connectivity index (χ2n) is 3.99. The van der Waals surface area contributed by atoms with Gasteiger partial charge in [0.2, 0.25) is 0 Å². The molecule has 1 saturated carbocycles. The molecule has 1 aliphatic rings. The molecule has 3 nitrogen and oxygen atoms in total. The summed E-state index contributed by atoms with van der Waals surface area (Å²) >= 11 is 0. The van der Waals surface area contributed by atoms with E-state index in [0.717, 1.165) is 12.4 Å². The van der Waals surface area contributed by atoms with Crippen molar-refractivity contribution in [3.05, 3.63) is 24.5 Å². The number of pyridine rings is 1. The highest BCUT2D eigenvalue weighted by Gasteiger charge is 2.50. The van der Waals surface area contributed by atoms with Crippen LogP contribution in [0.15, 0.2) is 24.5 Å². The number of halogens is 1. The molecule has 1 aliphatic carbocycles. The molecular weight excluding hydrogens is 212 g/mol. The number of nitrogens with zero attached hydrogens (tertiary/aromatic N) is 1. The number of nitrogens with one attached hydrogen (secondary N) is 1. The van der Waals surface area contributed by atoms with Gasteiger partial charge in [-0.2, -0.15) is 0 Å². The fourth-order valence-corrected chi connectivity index (χ4v) is 1.75. The Labute approximate surface area is 96.7 Å². The molecule has 0 aromatic carbocycles. The molecule has 1 aromatic heterocycles. The lowest BCUT2D eigenvalue weighted by atomic mass is 10.2. The Hall–Kier alpha value is -0.800. The number of hydrogen-bond donors (Lipinski definition) is 1. The summed E-state index contributed by atoms with van der Waals surface area (Å²) in [6.45, 7) is 2.97. The van der Waals surface area contributed by atoms with Gasteiger partial charge in [-0.1, -0.05) is 6.92 Å². The summed E-state index contributed by atoms with van der Waals surface area (Å²) in [5.41, 5.74) is 0.204. The summed E-state index contributed by atoms with van der Waals surface area (Å²) in [4.78, 5) is 4.01. The Morgan fingerprint density at radius 1 is 1.67 bits per heavy atom. The van der Waals surface area contributed by atoms with Crippen LogP contribution in [0.5, 0.6) is 5.75 Å². The van der Waals surface area contributed by atoms with Crippen LogP contribution < -0.4 is 10.1 Å². The molecule has 2 atom stereocenters. The lowest BCUT2D eigenvalue weighted by Crippen LogP contribution is -2.36. The summed E-state index contributed by atoms with van der Waals surface area (Å²) in [6, 6.07) is 3.82. The number of hydrogen-bond acceptors (Lipinski definition) is 3. The molecule has 84 valence electrons. The van der Waals surface area contributed by atoms with E-state index in [4.69, 9.17) is 4.74 Å². The molecule has 1 heterocycles. The summed E-state index contributed by atoms with van der Waals surface area (Å²) in [7, 11) is 2.00. The van der Waals surface area contributed by atoms with E-state index in [1.165, 1.54) is 6.42 Å². The topological polar surface area (TPSA) is 34.1 Å². The molecule has 0 aliphatic heterocycles. The highest BCUT2D eigenvalue weighted by molar-refractivity contribution is 5.85. The number of rotatable bonds is 4. The van der Waals surface area contributed by atoms with Gasteiger partial charge in [0.1, 0.15) is 12.4 Å². The zero-order valence-electron chi connectivity index (χ0n) is 9.06. The Kier molecular flexibility index (Phi) is 3.94. The summed E-state index contributed by atoms with van der Waals surface area (Å²) in [5, 5.41) is 3.33. The average Bonchev–Trinajstić information content (AvgIpc) is 2.89. The largest absolute Gasteiger partial charge is 0.490 e. The maximum atomic E-state index is 5.67. The molecule has 0 saturated heterocycles. The summed E-state index contributed by atoms with van der Waals surface area (Å²) in [5.74, 6) is 1.56. The van der Waals surface area contributed by atoms with Crippen molar-refractivity contribution < 1.29 is 4.74 Å². The molecule has 4 heteroatoms. The molecule has 1 fully saturated rings. The molecule has 0 radical (unpaired) electrons. The van der Waals surface area contributed by atoms with Crippen molar-refractivity contribution in [1.29, 1.82) is 0 Å². The first-order chi connectivity index (χ1) is 6.77. The zero-order valence-corrected chi connectivity index (χ0v) is 9.88. The van der Waals surface area contributed by atoms with Crippen molar-refractivity contribution in [2.24, 2.45) is 5.92 Å². The monoisotopic (exact) mass is 228 g/mol. The minimum atomic E-state index is 0. The minimum absolute atomic E-state index is 0. The van der Waals surface area contributed by atoms with Gasteiger partial charge in [-0.25, -0.2) is 0 Å². The number of likely N-dealkylation sites (N-methyl/N-ethyl adjacent to an activating group) is 1. The second-order valence-corrected chi connectivity index (χ2v) is 3.99. The van der Waals surface area contributed by atoms with Gasteiger partial charge in [0.15, 0.2) is 0 Å². The van der Waals surface area contributed by atoms with Crippen molar-refractivity contribution in [3.63, 3.8) is 0 Å². The van der Waals surface area contributed by atoms with E-state index < -0.39 is 0 Å². The first kappa shape index (κ1) is 12.3. The predicted octanol–water partition coefficient (Wildman–Crippen LogP) is 1.88. The molecule has 0 amide bonds.